The molecule has 1 unspecified atom stereocenters. The van der Waals surface area contributed by atoms with Crippen LogP contribution in [-0.2, 0) is 15.9 Å². The highest BCUT2D eigenvalue weighted by atomic mass is 35.5. The molecule has 0 amide bonds. The van der Waals surface area contributed by atoms with E-state index in [1.54, 1.807) is 0 Å². The predicted molar refractivity (Wildman–Crippen MR) is 77.8 cm³/mol. The van der Waals surface area contributed by atoms with E-state index >= 15 is 0 Å². The van der Waals surface area contributed by atoms with Crippen LogP contribution in [0.15, 0.2) is 23.1 Å². The van der Waals surface area contributed by atoms with Crippen LogP contribution in [0.2, 0.25) is 0 Å². The van der Waals surface area contributed by atoms with Gasteiger partial charge in [0, 0.05) is 18.5 Å². The maximum atomic E-state index is 13.9. The van der Waals surface area contributed by atoms with Gasteiger partial charge in [-0.1, -0.05) is 18.9 Å². The van der Waals surface area contributed by atoms with Crippen LogP contribution in [0, 0.1) is 5.82 Å². The summed E-state index contributed by atoms with van der Waals surface area (Å²) in [6.07, 6.45) is 3.66. The molecular weight excluding hydrogens is 301 g/mol. The lowest BCUT2D eigenvalue weighted by Crippen LogP contribution is -2.38. The smallest absolute Gasteiger partial charge is 0.207 e. The van der Waals surface area contributed by atoms with Crippen molar-refractivity contribution in [3.05, 3.63) is 29.6 Å². The van der Waals surface area contributed by atoms with Crippen molar-refractivity contribution in [1.82, 2.24) is 4.31 Å². The summed E-state index contributed by atoms with van der Waals surface area (Å²) >= 11 is 5.71. The highest BCUT2D eigenvalue weighted by molar-refractivity contribution is 7.89. The Bertz CT molecular complexity index is 577. The van der Waals surface area contributed by atoms with E-state index in [1.807, 2.05) is 6.92 Å². The average Bonchev–Trinajstić information content (AvgIpc) is 2.64. The molecule has 1 saturated heterocycles. The predicted octanol–water partition coefficient (Wildman–Crippen LogP) is 3.52. The zero-order chi connectivity index (χ0) is 14.8. The Labute approximate surface area is 124 Å². The zero-order valence-electron chi connectivity index (χ0n) is 11.5. The Kier molecular flexibility index (Phi) is 5.04. The number of hydrogen-bond acceptors (Lipinski definition) is 2. The molecule has 1 aliphatic rings. The SMILES string of the molecule is CC1CCCCCN1S(=O)(=O)c1cc(CCl)ccc1F. The molecule has 0 aliphatic carbocycles. The lowest BCUT2D eigenvalue weighted by molar-refractivity contribution is 0.340. The number of halogens is 2. The minimum atomic E-state index is -3.80. The fourth-order valence-electron chi connectivity index (χ4n) is 2.56. The van der Waals surface area contributed by atoms with Gasteiger partial charge < -0.3 is 0 Å². The van der Waals surface area contributed by atoms with Crippen molar-refractivity contribution in [2.24, 2.45) is 0 Å². The Balaban J connectivity index is 2.43. The van der Waals surface area contributed by atoms with Gasteiger partial charge in [-0.15, -0.1) is 11.6 Å². The first-order valence-corrected chi connectivity index (χ1v) is 8.80. The molecule has 0 radical (unpaired) electrons. The Morgan fingerprint density at radius 3 is 2.80 bits per heavy atom. The molecule has 0 aromatic heterocycles. The minimum absolute atomic E-state index is 0.0958. The molecule has 3 nitrogen and oxygen atoms in total. The number of sulfonamides is 1. The second kappa shape index (κ2) is 6.41. The van der Waals surface area contributed by atoms with Crippen LogP contribution in [0.5, 0.6) is 0 Å². The summed E-state index contributed by atoms with van der Waals surface area (Å²) in [5, 5.41) is 0. The molecule has 1 fully saturated rings. The Morgan fingerprint density at radius 1 is 1.35 bits per heavy atom. The fourth-order valence-corrected chi connectivity index (χ4v) is 4.54. The van der Waals surface area contributed by atoms with Crippen LogP contribution in [0.4, 0.5) is 4.39 Å². The van der Waals surface area contributed by atoms with E-state index in [0.717, 1.165) is 25.7 Å². The van der Waals surface area contributed by atoms with Crippen molar-refractivity contribution in [1.29, 1.82) is 0 Å². The van der Waals surface area contributed by atoms with E-state index in [-0.39, 0.29) is 16.8 Å². The van der Waals surface area contributed by atoms with E-state index in [1.165, 1.54) is 22.5 Å². The zero-order valence-corrected chi connectivity index (χ0v) is 13.1. The second-order valence-corrected chi connectivity index (χ2v) is 7.34. The van der Waals surface area contributed by atoms with Crippen LogP contribution in [0.3, 0.4) is 0 Å². The van der Waals surface area contributed by atoms with E-state index in [2.05, 4.69) is 0 Å². The average molecular weight is 320 g/mol. The fraction of sp³-hybridized carbons (Fsp3) is 0.571. The van der Waals surface area contributed by atoms with Gasteiger partial charge in [0.1, 0.15) is 10.7 Å². The van der Waals surface area contributed by atoms with Gasteiger partial charge >= 0.3 is 0 Å². The summed E-state index contributed by atoms with van der Waals surface area (Å²) in [5.74, 6) is -0.548. The van der Waals surface area contributed by atoms with Gasteiger partial charge in [0.25, 0.3) is 0 Å². The third-order valence-electron chi connectivity index (χ3n) is 3.73. The molecule has 1 heterocycles. The molecule has 20 heavy (non-hydrogen) atoms. The van der Waals surface area contributed by atoms with Crippen LogP contribution in [-0.4, -0.2) is 25.3 Å². The third-order valence-corrected chi connectivity index (χ3v) is 6.07. The number of nitrogens with zero attached hydrogens (tertiary/aromatic N) is 1. The van der Waals surface area contributed by atoms with Gasteiger partial charge in [-0.05, 0) is 37.5 Å². The molecule has 112 valence electrons. The van der Waals surface area contributed by atoms with E-state index < -0.39 is 15.8 Å². The maximum absolute atomic E-state index is 13.9. The van der Waals surface area contributed by atoms with Gasteiger partial charge in [0.15, 0.2) is 0 Å². The van der Waals surface area contributed by atoms with Crippen molar-refractivity contribution >= 4 is 21.6 Å². The highest BCUT2D eigenvalue weighted by Crippen LogP contribution is 2.27. The molecule has 1 atom stereocenters. The highest BCUT2D eigenvalue weighted by Gasteiger charge is 2.32. The molecule has 6 heteroatoms. The maximum Gasteiger partial charge on any atom is 0.246 e. The lowest BCUT2D eigenvalue weighted by Gasteiger charge is -2.26. The number of hydrogen-bond donors (Lipinski definition) is 0. The summed E-state index contributed by atoms with van der Waals surface area (Å²) in [4.78, 5) is -0.260. The van der Waals surface area contributed by atoms with Crippen LogP contribution < -0.4 is 0 Å². The van der Waals surface area contributed by atoms with Gasteiger partial charge in [-0.25, -0.2) is 12.8 Å². The molecule has 0 saturated carbocycles. The first-order chi connectivity index (χ1) is 9.46. The van der Waals surface area contributed by atoms with Gasteiger partial charge in [0.2, 0.25) is 10.0 Å². The number of benzene rings is 1. The summed E-state index contributed by atoms with van der Waals surface area (Å²) in [5.41, 5.74) is 0.606. The first kappa shape index (κ1) is 15.7. The number of rotatable bonds is 3. The summed E-state index contributed by atoms with van der Waals surface area (Å²) < 4.78 is 40.7. The summed E-state index contributed by atoms with van der Waals surface area (Å²) in [6.45, 7) is 2.33. The largest absolute Gasteiger partial charge is 0.246 e. The Hall–Kier alpha value is -0.650. The second-order valence-electron chi connectivity index (χ2n) is 5.21. The van der Waals surface area contributed by atoms with E-state index in [4.69, 9.17) is 11.6 Å². The molecule has 0 N–H and O–H groups in total. The molecule has 0 spiro atoms. The van der Waals surface area contributed by atoms with Crippen LogP contribution in [0.25, 0.3) is 0 Å². The van der Waals surface area contributed by atoms with Gasteiger partial charge in [-0.3, -0.25) is 0 Å². The molecule has 1 aromatic rings. The van der Waals surface area contributed by atoms with Crippen molar-refractivity contribution in [2.45, 2.75) is 49.4 Å². The number of alkyl halides is 1. The first-order valence-electron chi connectivity index (χ1n) is 6.83. The quantitative estimate of drug-likeness (QED) is 0.799. The van der Waals surface area contributed by atoms with Gasteiger partial charge in [-0.2, -0.15) is 4.31 Å². The van der Waals surface area contributed by atoms with Crippen LogP contribution >= 0.6 is 11.6 Å². The van der Waals surface area contributed by atoms with Gasteiger partial charge in [0.05, 0.1) is 0 Å². The molecule has 1 aliphatic heterocycles. The minimum Gasteiger partial charge on any atom is -0.207 e. The third kappa shape index (κ3) is 3.15. The standard InChI is InChI=1S/C14H19ClFNO2S/c1-11-5-3-2-4-8-17(11)20(18,19)14-9-12(10-15)6-7-13(14)16/h6-7,9,11H,2-5,8,10H2,1H3. The van der Waals surface area contributed by atoms with E-state index in [0.29, 0.717) is 12.1 Å². The van der Waals surface area contributed by atoms with Crippen molar-refractivity contribution < 1.29 is 12.8 Å². The molecular formula is C14H19ClFNO2S. The molecule has 0 bridgehead atoms. The summed E-state index contributed by atoms with van der Waals surface area (Å²) in [7, 11) is -3.80. The van der Waals surface area contributed by atoms with Crippen molar-refractivity contribution in [2.75, 3.05) is 6.54 Å². The molecule has 1 aromatic carbocycles. The van der Waals surface area contributed by atoms with E-state index in [9.17, 15) is 12.8 Å². The van der Waals surface area contributed by atoms with Crippen LogP contribution in [0.1, 0.15) is 38.2 Å². The molecule has 2 rings (SSSR count). The topological polar surface area (TPSA) is 37.4 Å². The lowest BCUT2D eigenvalue weighted by atomic mass is 10.1. The summed E-state index contributed by atoms with van der Waals surface area (Å²) in [6, 6.07) is 3.93. The Morgan fingerprint density at radius 2 is 2.10 bits per heavy atom. The van der Waals surface area contributed by atoms with Crippen molar-refractivity contribution in [3.63, 3.8) is 0 Å². The van der Waals surface area contributed by atoms with Crippen molar-refractivity contribution in [3.8, 4) is 0 Å². The monoisotopic (exact) mass is 319 g/mol. The normalized spacial score (nSPS) is 21.6.